The molecule has 0 heterocycles. The summed E-state index contributed by atoms with van der Waals surface area (Å²) in [5.41, 5.74) is -0.706. The molecule has 0 bridgehead atoms. The van der Waals surface area contributed by atoms with Crippen molar-refractivity contribution in [1.29, 1.82) is 0 Å². The van der Waals surface area contributed by atoms with Crippen molar-refractivity contribution >= 4 is 16.0 Å². The minimum absolute atomic E-state index is 0.0868. The van der Waals surface area contributed by atoms with E-state index in [2.05, 4.69) is 9.46 Å². The lowest BCUT2D eigenvalue weighted by Crippen LogP contribution is -2.53. The number of esters is 1. The molecular formula is C12H23NO5S. The van der Waals surface area contributed by atoms with Crippen LogP contribution in [0.1, 0.15) is 44.9 Å². The lowest BCUT2D eigenvalue weighted by Gasteiger charge is -2.36. The number of ether oxygens (including phenoxy) is 1. The molecule has 1 fully saturated rings. The Bertz CT molecular complexity index is 387. The maximum Gasteiger partial charge on any atom is 0.305 e. The van der Waals surface area contributed by atoms with Gasteiger partial charge in [0.2, 0.25) is 10.0 Å². The Kier molecular flexibility index (Phi) is 6.22. The monoisotopic (exact) mass is 293 g/mol. The van der Waals surface area contributed by atoms with Gasteiger partial charge in [-0.25, -0.2) is 13.1 Å². The quantitative estimate of drug-likeness (QED) is 0.669. The van der Waals surface area contributed by atoms with Crippen LogP contribution >= 0.6 is 0 Å². The van der Waals surface area contributed by atoms with Crippen LogP contribution in [0.25, 0.3) is 0 Å². The number of sulfonamides is 1. The molecule has 0 atom stereocenters. The number of methoxy groups -OCH3 is 1. The lowest BCUT2D eigenvalue weighted by atomic mass is 9.83. The first-order chi connectivity index (χ1) is 8.93. The predicted octanol–water partition coefficient (Wildman–Crippen LogP) is 0.554. The van der Waals surface area contributed by atoms with Crippen molar-refractivity contribution in [3.8, 4) is 0 Å². The molecule has 0 amide bonds. The lowest BCUT2D eigenvalue weighted by molar-refractivity contribution is -0.140. The van der Waals surface area contributed by atoms with Crippen molar-refractivity contribution in [2.75, 3.05) is 19.5 Å². The van der Waals surface area contributed by atoms with Crippen molar-refractivity contribution < 1.29 is 23.1 Å². The first-order valence-electron chi connectivity index (χ1n) is 6.62. The molecule has 0 unspecified atom stereocenters. The van der Waals surface area contributed by atoms with Crippen LogP contribution in [0.15, 0.2) is 0 Å². The highest BCUT2D eigenvalue weighted by molar-refractivity contribution is 7.89. The fraction of sp³-hybridized carbons (Fsp3) is 0.917. The van der Waals surface area contributed by atoms with E-state index in [0.29, 0.717) is 12.8 Å². The van der Waals surface area contributed by atoms with Crippen LogP contribution < -0.4 is 4.72 Å². The van der Waals surface area contributed by atoms with Crippen LogP contribution in [0.3, 0.4) is 0 Å². The maximum atomic E-state index is 12.0. The van der Waals surface area contributed by atoms with Crippen LogP contribution in [0, 0.1) is 0 Å². The van der Waals surface area contributed by atoms with Crippen LogP contribution in [0.5, 0.6) is 0 Å². The van der Waals surface area contributed by atoms with Gasteiger partial charge < -0.3 is 9.84 Å². The Balaban J connectivity index is 2.50. The third kappa shape index (κ3) is 5.46. The second kappa shape index (κ2) is 7.21. The van der Waals surface area contributed by atoms with E-state index in [0.717, 1.165) is 19.3 Å². The molecule has 7 heteroatoms. The molecule has 6 nitrogen and oxygen atoms in total. The molecule has 0 aromatic rings. The molecule has 112 valence electrons. The Morgan fingerprint density at radius 3 is 2.47 bits per heavy atom. The third-order valence-electron chi connectivity index (χ3n) is 3.51. The predicted molar refractivity (Wildman–Crippen MR) is 71.1 cm³/mol. The molecule has 0 saturated heterocycles. The summed E-state index contributed by atoms with van der Waals surface area (Å²) in [6.07, 6.45) is 4.56. The SMILES string of the molecule is COC(=O)CCCS(=O)(=O)NC1(CO)CCCCC1. The summed E-state index contributed by atoms with van der Waals surface area (Å²) in [7, 11) is -2.20. The molecule has 0 radical (unpaired) electrons. The second-order valence-corrected chi connectivity index (χ2v) is 6.94. The Labute approximate surface area is 114 Å². The maximum absolute atomic E-state index is 12.0. The van der Waals surface area contributed by atoms with Crippen molar-refractivity contribution in [2.45, 2.75) is 50.5 Å². The molecule has 1 aliphatic rings. The number of carbonyl (C=O) groups is 1. The van der Waals surface area contributed by atoms with Gasteiger partial charge in [-0.15, -0.1) is 0 Å². The zero-order chi connectivity index (χ0) is 14.4. The molecule has 0 aliphatic heterocycles. The summed E-state index contributed by atoms with van der Waals surface area (Å²) < 4.78 is 31.0. The van der Waals surface area contributed by atoms with Gasteiger partial charge in [0.15, 0.2) is 0 Å². The van der Waals surface area contributed by atoms with E-state index >= 15 is 0 Å². The molecule has 1 saturated carbocycles. The van der Waals surface area contributed by atoms with E-state index in [1.807, 2.05) is 0 Å². The topological polar surface area (TPSA) is 92.7 Å². The highest BCUT2D eigenvalue weighted by atomic mass is 32.2. The average Bonchev–Trinajstić information content (AvgIpc) is 2.38. The fourth-order valence-electron chi connectivity index (χ4n) is 2.41. The van der Waals surface area contributed by atoms with Gasteiger partial charge in [-0.3, -0.25) is 4.79 Å². The molecular weight excluding hydrogens is 270 g/mol. The van der Waals surface area contributed by atoms with Gasteiger partial charge in [-0.05, 0) is 19.3 Å². The molecule has 0 aromatic heterocycles. The number of hydrogen-bond donors (Lipinski definition) is 2. The Morgan fingerprint density at radius 1 is 1.32 bits per heavy atom. The number of hydrogen-bond acceptors (Lipinski definition) is 5. The van der Waals surface area contributed by atoms with Crippen LogP contribution in [-0.2, 0) is 19.6 Å². The van der Waals surface area contributed by atoms with Gasteiger partial charge in [0.1, 0.15) is 0 Å². The zero-order valence-corrected chi connectivity index (χ0v) is 12.2. The third-order valence-corrected chi connectivity index (χ3v) is 5.08. The van der Waals surface area contributed by atoms with Gasteiger partial charge in [0.05, 0.1) is 25.0 Å². The van der Waals surface area contributed by atoms with Crippen molar-refractivity contribution in [3.63, 3.8) is 0 Å². The average molecular weight is 293 g/mol. The normalized spacial score (nSPS) is 19.1. The minimum Gasteiger partial charge on any atom is -0.469 e. The van der Waals surface area contributed by atoms with E-state index in [1.54, 1.807) is 0 Å². The molecule has 0 spiro atoms. The van der Waals surface area contributed by atoms with Crippen molar-refractivity contribution in [1.82, 2.24) is 4.72 Å². The van der Waals surface area contributed by atoms with Gasteiger partial charge in [-0.2, -0.15) is 0 Å². The van der Waals surface area contributed by atoms with E-state index in [4.69, 9.17) is 0 Å². The van der Waals surface area contributed by atoms with E-state index in [1.165, 1.54) is 7.11 Å². The van der Waals surface area contributed by atoms with Crippen molar-refractivity contribution in [3.05, 3.63) is 0 Å². The fourth-order valence-corrected chi connectivity index (χ4v) is 3.97. The summed E-state index contributed by atoms with van der Waals surface area (Å²) in [5.74, 6) is -0.533. The van der Waals surface area contributed by atoms with Crippen LogP contribution in [0.4, 0.5) is 0 Å². The highest BCUT2D eigenvalue weighted by Crippen LogP contribution is 2.28. The standard InChI is InChI=1S/C12H23NO5S/c1-18-11(15)6-5-9-19(16,17)13-12(10-14)7-3-2-4-8-12/h13-14H,2-10H2,1H3. The highest BCUT2D eigenvalue weighted by Gasteiger charge is 2.35. The van der Waals surface area contributed by atoms with Crippen LogP contribution in [0.2, 0.25) is 0 Å². The van der Waals surface area contributed by atoms with Gasteiger partial charge >= 0.3 is 5.97 Å². The molecule has 19 heavy (non-hydrogen) atoms. The zero-order valence-electron chi connectivity index (χ0n) is 11.4. The number of aliphatic hydroxyl groups is 1. The second-order valence-electron chi connectivity index (χ2n) is 5.10. The van der Waals surface area contributed by atoms with E-state index < -0.39 is 21.5 Å². The largest absolute Gasteiger partial charge is 0.469 e. The number of aliphatic hydroxyl groups excluding tert-OH is 1. The summed E-state index contributed by atoms with van der Waals surface area (Å²) in [5, 5.41) is 9.46. The van der Waals surface area contributed by atoms with Crippen LogP contribution in [-0.4, -0.2) is 44.5 Å². The molecule has 2 N–H and O–H groups in total. The summed E-state index contributed by atoms with van der Waals surface area (Å²) in [4.78, 5) is 10.9. The van der Waals surface area contributed by atoms with E-state index in [-0.39, 0.29) is 25.2 Å². The summed E-state index contributed by atoms with van der Waals surface area (Å²) >= 11 is 0. The van der Waals surface area contributed by atoms with Crippen molar-refractivity contribution in [2.24, 2.45) is 0 Å². The molecule has 0 aromatic carbocycles. The van der Waals surface area contributed by atoms with Gasteiger partial charge in [0, 0.05) is 6.42 Å². The summed E-state index contributed by atoms with van der Waals surface area (Å²) in [6.45, 7) is -0.177. The smallest absolute Gasteiger partial charge is 0.305 e. The number of nitrogens with one attached hydrogen (secondary N) is 1. The minimum atomic E-state index is -3.47. The Hall–Kier alpha value is -0.660. The molecule has 1 rings (SSSR count). The molecule has 1 aliphatic carbocycles. The van der Waals surface area contributed by atoms with Gasteiger partial charge in [-0.1, -0.05) is 19.3 Å². The number of rotatable bonds is 7. The van der Waals surface area contributed by atoms with E-state index in [9.17, 15) is 18.3 Å². The summed E-state index contributed by atoms with van der Waals surface area (Å²) in [6, 6.07) is 0. The first kappa shape index (κ1) is 16.4. The first-order valence-corrected chi connectivity index (χ1v) is 8.28. The van der Waals surface area contributed by atoms with Gasteiger partial charge in [0.25, 0.3) is 0 Å². The Morgan fingerprint density at radius 2 is 1.95 bits per heavy atom. The number of carbonyl (C=O) groups excluding carboxylic acids is 1.